The van der Waals surface area contributed by atoms with E-state index in [1.165, 1.54) is 12.8 Å². The van der Waals surface area contributed by atoms with Crippen molar-refractivity contribution in [3.05, 3.63) is 28.8 Å². The third-order valence-electron chi connectivity index (χ3n) is 3.79. The number of hydrogen-bond donors (Lipinski definition) is 1. The Hall–Kier alpha value is -1.51. The average molecular weight is 261 g/mol. The van der Waals surface area contributed by atoms with Crippen molar-refractivity contribution in [3.63, 3.8) is 0 Å². The predicted molar refractivity (Wildman–Crippen MR) is 78.1 cm³/mol. The summed E-state index contributed by atoms with van der Waals surface area (Å²) in [5.74, 6) is -0.0544. The summed E-state index contributed by atoms with van der Waals surface area (Å²) in [5.41, 5.74) is 3.33. The predicted octanol–water partition coefficient (Wildman–Crippen LogP) is 3.63. The van der Waals surface area contributed by atoms with E-state index < -0.39 is 5.97 Å². The summed E-state index contributed by atoms with van der Waals surface area (Å²) >= 11 is 0. The fourth-order valence-corrected chi connectivity index (χ4v) is 2.65. The summed E-state index contributed by atoms with van der Waals surface area (Å²) in [6.07, 6.45) is 3.61. The molecule has 0 heterocycles. The number of carboxylic acid groups (broad SMARTS) is 1. The first kappa shape index (κ1) is 13.9. The number of hydrogen-bond acceptors (Lipinski definition) is 2. The van der Waals surface area contributed by atoms with Crippen molar-refractivity contribution in [1.82, 2.24) is 0 Å². The molecule has 3 heteroatoms. The maximum atomic E-state index is 11.6. The Labute approximate surface area is 115 Å². The van der Waals surface area contributed by atoms with E-state index in [9.17, 15) is 9.90 Å². The van der Waals surface area contributed by atoms with Gasteiger partial charge in [-0.2, -0.15) is 0 Å². The van der Waals surface area contributed by atoms with Crippen LogP contribution >= 0.6 is 0 Å². The van der Waals surface area contributed by atoms with Crippen LogP contribution in [0.2, 0.25) is 0 Å². The highest BCUT2D eigenvalue weighted by Crippen LogP contribution is 2.34. The highest BCUT2D eigenvalue weighted by molar-refractivity contribution is 5.97. The Morgan fingerprint density at radius 2 is 1.95 bits per heavy atom. The van der Waals surface area contributed by atoms with Gasteiger partial charge < -0.3 is 10.0 Å². The fourth-order valence-electron chi connectivity index (χ4n) is 2.65. The van der Waals surface area contributed by atoms with Crippen molar-refractivity contribution in [2.45, 2.75) is 40.0 Å². The molecule has 3 nitrogen and oxygen atoms in total. The highest BCUT2D eigenvalue weighted by Gasteiger charge is 2.27. The molecule has 19 heavy (non-hydrogen) atoms. The quantitative estimate of drug-likeness (QED) is 0.850. The van der Waals surface area contributed by atoms with Gasteiger partial charge in [0.05, 0.1) is 11.3 Å². The second-order valence-corrected chi connectivity index (χ2v) is 5.62. The summed E-state index contributed by atoms with van der Waals surface area (Å²) in [7, 11) is 0. The molecule has 1 aromatic rings. The van der Waals surface area contributed by atoms with E-state index in [1.54, 1.807) is 0 Å². The largest absolute Gasteiger partial charge is 0.478 e. The van der Waals surface area contributed by atoms with Crippen LogP contribution in [0.5, 0.6) is 0 Å². The first-order valence-corrected chi connectivity index (χ1v) is 7.13. The zero-order valence-electron chi connectivity index (χ0n) is 12.1. The molecule has 104 valence electrons. The molecule has 0 aromatic heterocycles. The lowest BCUT2D eigenvalue weighted by molar-refractivity contribution is 0.0696. The Morgan fingerprint density at radius 1 is 1.32 bits per heavy atom. The molecule has 0 atom stereocenters. The van der Waals surface area contributed by atoms with Crippen LogP contribution in [0.3, 0.4) is 0 Å². The van der Waals surface area contributed by atoms with Gasteiger partial charge in [0.15, 0.2) is 0 Å². The van der Waals surface area contributed by atoms with Gasteiger partial charge in [0.25, 0.3) is 0 Å². The molecule has 0 aliphatic heterocycles. The van der Waals surface area contributed by atoms with Crippen molar-refractivity contribution >= 4 is 11.7 Å². The Bertz CT molecular complexity index is 478. The third kappa shape index (κ3) is 3.09. The lowest BCUT2D eigenvalue weighted by Crippen LogP contribution is -2.29. The van der Waals surface area contributed by atoms with Crippen LogP contribution < -0.4 is 4.90 Å². The molecule has 1 N–H and O–H groups in total. The molecule has 0 spiro atoms. The van der Waals surface area contributed by atoms with Gasteiger partial charge in [-0.15, -0.1) is 0 Å². The van der Waals surface area contributed by atoms with Crippen molar-refractivity contribution in [2.75, 3.05) is 18.0 Å². The standard InChI is InChI=1S/C16H23NO2/c1-4-9-17(10-13-7-8-13)15-12(3)6-5-11(2)14(15)16(18)19/h5-6,13H,4,7-10H2,1-3H3,(H,18,19). The van der Waals surface area contributed by atoms with Crippen LogP contribution in [-0.4, -0.2) is 24.2 Å². The van der Waals surface area contributed by atoms with Gasteiger partial charge in [0.2, 0.25) is 0 Å². The molecule has 0 radical (unpaired) electrons. The highest BCUT2D eigenvalue weighted by atomic mass is 16.4. The van der Waals surface area contributed by atoms with Crippen LogP contribution in [-0.2, 0) is 0 Å². The van der Waals surface area contributed by atoms with Crippen LogP contribution in [0.15, 0.2) is 12.1 Å². The zero-order chi connectivity index (χ0) is 14.0. The first-order valence-electron chi connectivity index (χ1n) is 7.13. The van der Waals surface area contributed by atoms with Gasteiger partial charge in [-0.25, -0.2) is 4.79 Å². The van der Waals surface area contributed by atoms with E-state index in [0.29, 0.717) is 5.56 Å². The molecule has 1 aromatic carbocycles. The molecular formula is C16H23NO2. The van der Waals surface area contributed by atoms with Gasteiger partial charge >= 0.3 is 5.97 Å². The molecule has 1 fully saturated rings. The number of nitrogens with zero attached hydrogens (tertiary/aromatic N) is 1. The number of aryl methyl sites for hydroxylation is 2. The zero-order valence-corrected chi connectivity index (χ0v) is 12.1. The third-order valence-corrected chi connectivity index (χ3v) is 3.79. The number of anilines is 1. The fraction of sp³-hybridized carbons (Fsp3) is 0.562. The number of rotatable bonds is 6. The monoisotopic (exact) mass is 261 g/mol. The van der Waals surface area contributed by atoms with Gasteiger partial charge in [0, 0.05) is 13.1 Å². The van der Waals surface area contributed by atoms with Crippen molar-refractivity contribution in [2.24, 2.45) is 5.92 Å². The van der Waals surface area contributed by atoms with Crippen molar-refractivity contribution in [1.29, 1.82) is 0 Å². The molecule has 0 unspecified atom stereocenters. The summed E-state index contributed by atoms with van der Waals surface area (Å²) < 4.78 is 0. The maximum absolute atomic E-state index is 11.6. The van der Waals surface area contributed by atoms with E-state index in [4.69, 9.17) is 0 Å². The summed E-state index contributed by atoms with van der Waals surface area (Å²) in [5, 5.41) is 9.51. The molecule has 1 aliphatic rings. The van der Waals surface area contributed by atoms with E-state index in [1.807, 2.05) is 26.0 Å². The summed E-state index contributed by atoms with van der Waals surface area (Å²) in [6, 6.07) is 3.94. The molecule has 0 amide bonds. The molecule has 0 bridgehead atoms. The average Bonchev–Trinajstić information content (AvgIpc) is 3.15. The number of carboxylic acids is 1. The summed E-state index contributed by atoms with van der Waals surface area (Å²) in [6.45, 7) is 7.97. The Kier molecular flexibility index (Phi) is 4.13. The summed E-state index contributed by atoms with van der Waals surface area (Å²) in [4.78, 5) is 13.9. The van der Waals surface area contributed by atoms with Gasteiger partial charge in [-0.1, -0.05) is 19.1 Å². The van der Waals surface area contributed by atoms with Gasteiger partial charge in [0.1, 0.15) is 0 Å². The van der Waals surface area contributed by atoms with E-state index in [2.05, 4.69) is 11.8 Å². The minimum absolute atomic E-state index is 0.481. The molecule has 2 rings (SSSR count). The van der Waals surface area contributed by atoms with Gasteiger partial charge in [-0.3, -0.25) is 0 Å². The Balaban J connectivity index is 2.43. The first-order chi connectivity index (χ1) is 9.04. The Morgan fingerprint density at radius 3 is 2.47 bits per heavy atom. The molecular weight excluding hydrogens is 238 g/mol. The van der Waals surface area contributed by atoms with Gasteiger partial charge in [-0.05, 0) is 50.2 Å². The minimum Gasteiger partial charge on any atom is -0.478 e. The van der Waals surface area contributed by atoms with E-state index in [-0.39, 0.29) is 0 Å². The molecule has 1 aliphatic carbocycles. The van der Waals surface area contributed by atoms with Crippen LogP contribution in [0.25, 0.3) is 0 Å². The van der Waals surface area contributed by atoms with Crippen molar-refractivity contribution in [3.8, 4) is 0 Å². The maximum Gasteiger partial charge on any atom is 0.338 e. The van der Waals surface area contributed by atoms with Crippen LogP contribution in [0.4, 0.5) is 5.69 Å². The number of aromatic carboxylic acids is 1. The lowest BCUT2D eigenvalue weighted by Gasteiger charge is -2.28. The second kappa shape index (κ2) is 5.64. The smallest absolute Gasteiger partial charge is 0.338 e. The van der Waals surface area contributed by atoms with Crippen LogP contribution in [0, 0.1) is 19.8 Å². The molecule has 1 saturated carbocycles. The van der Waals surface area contributed by atoms with Crippen LogP contribution in [0.1, 0.15) is 47.7 Å². The second-order valence-electron chi connectivity index (χ2n) is 5.62. The van der Waals surface area contributed by atoms with E-state index in [0.717, 1.165) is 42.2 Å². The minimum atomic E-state index is -0.812. The number of carbonyl (C=O) groups is 1. The van der Waals surface area contributed by atoms with E-state index >= 15 is 0 Å². The number of benzene rings is 1. The lowest BCUT2D eigenvalue weighted by atomic mass is 10.0. The SMILES string of the molecule is CCCN(CC1CC1)c1c(C)ccc(C)c1C(=O)O. The molecule has 0 saturated heterocycles. The normalized spacial score (nSPS) is 14.5. The topological polar surface area (TPSA) is 40.5 Å². The van der Waals surface area contributed by atoms with Crippen molar-refractivity contribution < 1.29 is 9.90 Å².